The maximum atomic E-state index is 12.0. The summed E-state index contributed by atoms with van der Waals surface area (Å²) in [5, 5.41) is 2.64. The molecule has 1 aromatic rings. The zero-order valence-corrected chi connectivity index (χ0v) is 13.5. The maximum Gasteiger partial charge on any atom is 0.410 e. The minimum Gasteiger partial charge on any atom is -0.444 e. The fourth-order valence-corrected chi connectivity index (χ4v) is 1.81. The molecule has 1 unspecified atom stereocenters. The van der Waals surface area contributed by atoms with Gasteiger partial charge in [0.2, 0.25) is 5.91 Å². The number of hydrogen-bond donors (Lipinski definition) is 1. The summed E-state index contributed by atoms with van der Waals surface area (Å²) in [5.41, 5.74) is 0.631. The number of nitrogens with one attached hydrogen (secondary N) is 1. The van der Waals surface area contributed by atoms with Crippen molar-refractivity contribution in [3.8, 4) is 0 Å². The molecule has 0 radical (unpaired) electrons. The van der Waals surface area contributed by atoms with Crippen molar-refractivity contribution in [2.75, 3.05) is 12.4 Å². The third kappa shape index (κ3) is 5.20. The van der Waals surface area contributed by atoms with Gasteiger partial charge in [-0.1, -0.05) is 12.1 Å². The highest BCUT2D eigenvalue weighted by Gasteiger charge is 2.26. The van der Waals surface area contributed by atoms with Gasteiger partial charge in [0, 0.05) is 19.7 Å². The quantitative estimate of drug-likeness (QED) is 0.868. The predicted octanol–water partition coefficient (Wildman–Crippen LogP) is 2.75. The monoisotopic (exact) mass is 306 g/mol. The van der Waals surface area contributed by atoms with Gasteiger partial charge in [-0.15, -0.1) is 0 Å². The molecule has 0 aromatic heterocycles. The molecule has 0 saturated heterocycles. The van der Waals surface area contributed by atoms with Crippen molar-refractivity contribution in [2.45, 2.75) is 39.3 Å². The number of benzene rings is 1. The van der Waals surface area contributed by atoms with E-state index < -0.39 is 17.7 Å². The first-order chi connectivity index (χ1) is 10.1. The van der Waals surface area contributed by atoms with E-state index in [1.807, 2.05) is 0 Å². The highest BCUT2D eigenvalue weighted by atomic mass is 16.6. The van der Waals surface area contributed by atoms with E-state index in [4.69, 9.17) is 4.74 Å². The molecule has 1 aromatic carbocycles. The van der Waals surface area contributed by atoms with Crippen LogP contribution in [-0.4, -0.2) is 35.8 Å². The maximum absolute atomic E-state index is 12.0. The van der Waals surface area contributed by atoms with E-state index in [9.17, 15) is 14.4 Å². The summed E-state index contributed by atoms with van der Waals surface area (Å²) in [5.74, 6) is -0.175. The molecule has 2 amide bonds. The largest absolute Gasteiger partial charge is 0.444 e. The Morgan fingerprint density at radius 2 is 1.77 bits per heavy atom. The zero-order valence-electron chi connectivity index (χ0n) is 13.5. The van der Waals surface area contributed by atoms with Gasteiger partial charge in [-0.2, -0.15) is 0 Å². The predicted molar refractivity (Wildman–Crippen MR) is 83.5 cm³/mol. The molecule has 0 aliphatic heterocycles. The first-order valence-corrected chi connectivity index (χ1v) is 6.92. The first-order valence-electron chi connectivity index (χ1n) is 6.92. The Bertz CT molecular complexity index is 546. The Balaban J connectivity index is 2.88. The van der Waals surface area contributed by atoms with Gasteiger partial charge in [-0.05, 0) is 38.5 Å². The fourth-order valence-electron chi connectivity index (χ4n) is 1.81. The molecular formula is C16H22N2O4. The Hall–Kier alpha value is -2.37. The van der Waals surface area contributed by atoms with Crippen molar-refractivity contribution >= 4 is 24.0 Å². The molecule has 120 valence electrons. The average Bonchev–Trinajstić information content (AvgIpc) is 2.38. The van der Waals surface area contributed by atoms with Crippen molar-refractivity contribution in [1.82, 2.24) is 4.90 Å². The SMILES string of the molecule is CC(=O)Nc1ccc(C(C=O)N(C)C(=O)OC(C)(C)C)cc1. The number of anilines is 1. The Morgan fingerprint density at radius 1 is 1.23 bits per heavy atom. The van der Waals surface area contributed by atoms with Crippen molar-refractivity contribution < 1.29 is 19.1 Å². The average molecular weight is 306 g/mol. The highest BCUT2D eigenvalue weighted by Crippen LogP contribution is 2.21. The van der Waals surface area contributed by atoms with Gasteiger partial charge in [0.15, 0.2) is 0 Å². The molecule has 22 heavy (non-hydrogen) atoms. The molecule has 0 heterocycles. The van der Waals surface area contributed by atoms with Gasteiger partial charge in [-0.25, -0.2) is 4.79 Å². The summed E-state index contributed by atoms with van der Waals surface area (Å²) >= 11 is 0. The molecule has 6 heteroatoms. The number of likely N-dealkylation sites (N-methyl/N-ethyl adjacent to an activating group) is 1. The molecule has 1 N–H and O–H groups in total. The van der Waals surface area contributed by atoms with Crippen LogP contribution in [0.25, 0.3) is 0 Å². The third-order valence-electron chi connectivity index (χ3n) is 2.80. The lowest BCUT2D eigenvalue weighted by Gasteiger charge is -2.28. The van der Waals surface area contributed by atoms with E-state index in [1.165, 1.54) is 18.9 Å². The summed E-state index contributed by atoms with van der Waals surface area (Å²) < 4.78 is 5.25. The van der Waals surface area contributed by atoms with E-state index in [2.05, 4.69) is 5.32 Å². The topological polar surface area (TPSA) is 75.7 Å². The lowest BCUT2D eigenvalue weighted by Crippen LogP contribution is -2.37. The van der Waals surface area contributed by atoms with Gasteiger partial charge >= 0.3 is 6.09 Å². The number of rotatable bonds is 4. The van der Waals surface area contributed by atoms with Crippen molar-refractivity contribution in [3.05, 3.63) is 29.8 Å². The second-order valence-corrected chi connectivity index (χ2v) is 5.98. The van der Waals surface area contributed by atoms with Crippen molar-refractivity contribution in [3.63, 3.8) is 0 Å². The third-order valence-corrected chi connectivity index (χ3v) is 2.80. The molecule has 1 atom stereocenters. The number of carbonyl (C=O) groups is 3. The van der Waals surface area contributed by atoms with Crippen LogP contribution in [0.4, 0.5) is 10.5 Å². The number of aldehydes is 1. The Kier molecular flexibility index (Phi) is 5.68. The summed E-state index contributed by atoms with van der Waals surface area (Å²) in [6, 6.07) is 5.98. The summed E-state index contributed by atoms with van der Waals surface area (Å²) in [4.78, 5) is 35.6. The van der Waals surface area contributed by atoms with Crippen LogP contribution in [0.3, 0.4) is 0 Å². The molecule has 0 aliphatic carbocycles. The van der Waals surface area contributed by atoms with Gasteiger partial charge in [0.1, 0.15) is 17.9 Å². The van der Waals surface area contributed by atoms with Crippen molar-refractivity contribution in [2.24, 2.45) is 0 Å². The smallest absolute Gasteiger partial charge is 0.410 e. The van der Waals surface area contributed by atoms with Gasteiger partial charge in [-0.3, -0.25) is 9.69 Å². The van der Waals surface area contributed by atoms with Gasteiger partial charge in [0.05, 0.1) is 0 Å². The summed E-state index contributed by atoms with van der Waals surface area (Å²) in [7, 11) is 1.51. The molecule has 1 rings (SSSR count). The van der Waals surface area contributed by atoms with E-state index in [0.717, 1.165) is 0 Å². The molecule has 0 bridgehead atoms. The van der Waals surface area contributed by atoms with Crippen LogP contribution in [0.2, 0.25) is 0 Å². The highest BCUT2D eigenvalue weighted by molar-refractivity contribution is 5.88. The van der Waals surface area contributed by atoms with E-state index in [0.29, 0.717) is 17.5 Å². The number of hydrogen-bond acceptors (Lipinski definition) is 4. The summed E-state index contributed by atoms with van der Waals surface area (Å²) in [6.45, 7) is 6.70. The number of nitrogens with zero attached hydrogens (tertiary/aromatic N) is 1. The van der Waals surface area contributed by atoms with Crippen LogP contribution < -0.4 is 5.32 Å². The lowest BCUT2D eigenvalue weighted by atomic mass is 10.1. The van der Waals surface area contributed by atoms with Crippen LogP contribution >= 0.6 is 0 Å². The number of carbonyl (C=O) groups excluding carboxylic acids is 3. The van der Waals surface area contributed by atoms with Crippen LogP contribution in [0.1, 0.15) is 39.3 Å². The van der Waals surface area contributed by atoms with Crippen LogP contribution in [-0.2, 0) is 14.3 Å². The normalized spacial score (nSPS) is 12.2. The van der Waals surface area contributed by atoms with Crippen LogP contribution in [0, 0.1) is 0 Å². The lowest BCUT2D eigenvalue weighted by molar-refractivity contribution is -0.114. The van der Waals surface area contributed by atoms with Gasteiger partial charge in [0.25, 0.3) is 0 Å². The Labute approximate surface area is 130 Å². The van der Waals surface area contributed by atoms with E-state index in [-0.39, 0.29) is 5.91 Å². The second kappa shape index (κ2) is 7.06. The first kappa shape index (κ1) is 17.7. The minimum atomic E-state index is -0.749. The molecule has 0 saturated carbocycles. The van der Waals surface area contributed by atoms with Crippen LogP contribution in [0.15, 0.2) is 24.3 Å². The van der Waals surface area contributed by atoms with Gasteiger partial charge < -0.3 is 14.8 Å². The molecule has 6 nitrogen and oxygen atoms in total. The molecule has 0 spiro atoms. The molecule has 0 fully saturated rings. The standard InChI is InChI=1S/C16H22N2O4/c1-11(20)17-13-8-6-12(7-9-13)14(10-19)18(5)15(21)22-16(2,3)4/h6-10,14H,1-5H3,(H,17,20). The fraction of sp³-hybridized carbons (Fsp3) is 0.438. The molecular weight excluding hydrogens is 284 g/mol. The molecule has 0 aliphatic rings. The van der Waals surface area contributed by atoms with E-state index >= 15 is 0 Å². The Morgan fingerprint density at radius 3 is 2.18 bits per heavy atom. The zero-order chi connectivity index (χ0) is 16.9. The van der Waals surface area contributed by atoms with E-state index in [1.54, 1.807) is 45.0 Å². The summed E-state index contributed by atoms with van der Waals surface area (Å²) in [6.07, 6.45) is 0.104. The number of amides is 2. The number of ether oxygens (including phenoxy) is 1. The minimum absolute atomic E-state index is 0.175. The van der Waals surface area contributed by atoms with Crippen LogP contribution in [0.5, 0.6) is 0 Å². The van der Waals surface area contributed by atoms with Crippen molar-refractivity contribution in [1.29, 1.82) is 0 Å². The second-order valence-electron chi connectivity index (χ2n) is 5.98.